The van der Waals surface area contributed by atoms with E-state index in [0.29, 0.717) is 5.16 Å². The Kier molecular flexibility index (Phi) is 6.92. The van der Waals surface area contributed by atoms with E-state index < -0.39 is 0 Å². The largest absolute Gasteiger partial charge is 0.356 e. The van der Waals surface area contributed by atoms with Crippen molar-refractivity contribution >= 4 is 34.7 Å². The summed E-state index contributed by atoms with van der Waals surface area (Å²) in [6.07, 6.45) is 0. The smallest absolute Gasteiger partial charge is 0.234 e. The van der Waals surface area contributed by atoms with Gasteiger partial charge in [-0.2, -0.15) is 0 Å². The number of aromatic amines is 1. The molecule has 0 saturated carbocycles. The van der Waals surface area contributed by atoms with Crippen LogP contribution in [-0.4, -0.2) is 21.6 Å². The molecule has 0 aliphatic heterocycles. The maximum absolute atomic E-state index is 12.6. The van der Waals surface area contributed by atoms with Crippen LogP contribution in [-0.2, 0) is 4.79 Å². The predicted molar refractivity (Wildman–Crippen MR) is 145 cm³/mol. The van der Waals surface area contributed by atoms with Crippen molar-refractivity contribution in [2.45, 2.75) is 5.16 Å². The quantitative estimate of drug-likeness (QED) is 0.207. The molecule has 0 unspecified atom stereocenters. The summed E-state index contributed by atoms with van der Waals surface area (Å²) in [5.41, 5.74) is 6.64. The van der Waals surface area contributed by atoms with Crippen molar-refractivity contribution in [1.82, 2.24) is 9.97 Å². The molecule has 0 aliphatic rings. The van der Waals surface area contributed by atoms with Gasteiger partial charge in [0.2, 0.25) is 5.91 Å². The van der Waals surface area contributed by atoms with Gasteiger partial charge in [-0.1, -0.05) is 90.6 Å². The Morgan fingerprint density at radius 1 is 0.686 bits per heavy atom. The van der Waals surface area contributed by atoms with Gasteiger partial charge in [-0.05, 0) is 36.4 Å². The Morgan fingerprint density at radius 3 is 1.89 bits per heavy atom. The Morgan fingerprint density at radius 2 is 1.23 bits per heavy atom. The van der Waals surface area contributed by atoms with E-state index in [1.807, 2.05) is 103 Å². The molecule has 5 nitrogen and oxygen atoms in total. The highest BCUT2D eigenvalue weighted by atomic mass is 32.2. The highest BCUT2D eigenvalue weighted by Crippen LogP contribution is 2.32. The number of para-hydroxylation sites is 1. The number of rotatable bonds is 8. The number of imidazole rings is 1. The second-order valence-electron chi connectivity index (χ2n) is 7.90. The van der Waals surface area contributed by atoms with Crippen molar-refractivity contribution in [2.24, 2.45) is 0 Å². The second kappa shape index (κ2) is 10.8. The number of nitrogens with one attached hydrogen (secondary N) is 3. The Balaban J connectivity index is 1.24. The fourth-order valence-electron chi connectivity index (χ4n) is 3.69. The number of benzene rings is 4. The minimum absolute atomic E-state index is 0.0855. The van der Waals surface area contributed by atoms with Gasteiger partial charge in [0.25, 0.3) is 0 Å². The molecular formula is C29H24N4OS. The lowest BCUT2D eigenvalue weighted by atomic mass is 10.1. The van der Waals surface area contributed by atoms with Crippen molar-refractivity contribution in [3.63, 3.8) is 0 Å². The van der Waals surface area contributed by atoms with E-state index in [9.17, 15) is 4.79 Å². The van der Waals surface area contributed by atoms with Gasteiger partial charge in [-0.3, -0.25) is 4.79 Å². The SMILES string of the molecule is O=C(CSc1nc(-c2ccccc2)c(-c2ccccc2)[nH]1)Nc1ccc(Nc2ccccc2)cc1. The number of hydrogen-bond acceptors (Lipinski definition) is 4. The lowest BCUT2D eigenvalue weighted by Gasteiger charge is -2.08. The van der Waals surface area contributed by atoms with Crippen molar-refractivity contribution < 1.29 is 4.79 Å². The van der Waals surface area contributed by atoms with E-state index in [2.05, 4.69) is 27.8 Å². The van der Waals surface area contributed by atoms with Crippen molar-refractivity contribution in [3.05, 3.63) is 115 Å². The van der Waals surface area contributed by atoms with Crippen molar-refractivity contribution in [1.29, 1.82) is 0 Å². The number of carbonyl (C=O) groups is 1. The van der Waals surface area contributed by atoms with E-state index in [1.165, 1.54) is 11.8 Å². The minimum atomic E-state index is -0.0855. The Bertz CT molecular complexity index is 1330. The van der Waals surface area contributed by atoms with Gasteiger partial charge >= 0.3 is 0 Å². The van der Waals surface area contributed by atoms with Crippen LogP contribution in [0.3, 0.4) is 0 Å². The maximum Gasteiger partial charge on any atom is 0.234 e. The number of aromatic nitrogens is 2. The molecule has 0 radical (unpaired) electrons. The summed E-state index contributed by atoms with van der Waals surface area (Å²) in [4.78, 5) is 20.8. The van der Waals surface area contributed by atoms with E-state index in [4.69, 9.17) is 4.98 Å². The molecular weight excluding hydrogens is 452 g/mol. The lowest BCUT2D eigenvalue weighted by Crippen LogP contribution is -2.14. The van der Waals surface area contributed by atoms with Crippen LogP contribution >= 0.6 is 11.8 Å². The first-order valence-electron chi connectivity index (χ1n) is 11.3. The number of anilines is 3. The van der Waals surface area contributed by atoms with Crippen LogP contribution in [0.4, 0.5) is 17.1 Å². The third-order valence-corrected chi connectivity index (χ3v) is 6.24. The first kappa shape index (κ1) is 22.5. The molecule has 6 heteroatoms. The first-order valence-corrected chi connectivity index (χ1v) is 12.3. The van der Waals surface area contributed by atoms with E-state index >= 15 is 0 Å². The molecule has 0 spiro atoms. The van der Waals surface area contributed by atoms with Crippen LogP contribution in [0.2, 0.25) is 0 Å². The van der Waals surface area contributed by atoms with Gasteiger partial charge < -0.3 is 15.6 Å². The molecule has 5 rings (SSSR count). The molecule has 35 heavy (non-hydrogen) atoms. The number of nitrogens with zero attached hydrogens (tertiary/aromatic N) is 1. The minimum Gasteiger partial charge on any atom is -0.356 e. The number of thioether (sulfide) groups is 1. The van der Waals surface area contributed by atoms with Crippen LogP contribution in [0.5, 0.6) is 0 Å². The molecule has 0 fully saturated rings. The third kappa shape index (κ3) is 5.80. The van der Waals surface area contributed by atoms with E-state index in [1.54, 1.807) is 0 Å². The summed E-state index contributed by atoms with van der Waals surface area (Å²) < 4.78 is 0. The zero-order chi connectivity index (χ0) is 23.9. The van der Waals surface area contributed by atoms with Gasteiger partial charge in [-0.25, -0.2) is 4.98 Å². The fraction of sp³-hybridized carbons (Fsp3) is 0.0345. The Hall–Kier alpha value is -4.29. The third-order valence-electron chi connectivity index (χ3n) is 5.36. The van der Waals surface area contributed by atoms with E-state index in [-0.39, 0.29) is 11.7 Å². The van der Waals surface area contributed by atoms with Crippen LogP contribution in [0, 0.1) is 0 Å². The zero-order valence-corrected chi connectivity index (χ0v) is 19.8. The molecule has 1 aromatic heterocycles. The molecule has 0 saturated heterocycles. The molecule has 0 bridgehead atoms. The number of amides is 1. The molecule has 0 atom stereocenters. The maximum atomic E-state index is 12.6. The van der Waals surface area contributed by atoms with Crippen LogP contribution in [0.15, 0.2) is 120 Å². The molecule has 4 aromatic carbocycles. The fourth-order valence-corrected chi connectivity index (χ4v) is 4.36. The summed E-state index contributed by atoms with van der Waals surface area (Å²) in [6.45, 7) is 0. The molecule has 1 heterocycles. The van der Waals surface area contributed by atoms with Crippen molar-refractivity contribution in [2.75, 3.05) is 16.4 Å². The van der Waals surface area contributed by atoms with Crippen molar-refractivity contribution in [3.8, 4) is 22.5 Å². The van der Waals surface area contributed by atoms with Gasteiger partial charge in [-0.15, -0.1) is 0 Å². The summed E-state index contributed by atoms with van der Waals surface area (Å²) in [5.74, 6) is 0.165. The highest BCUT2D eigenvalue weighted by Gasteiger charge is 2.15. The topological polar surface area (TPSA) is 69.8 Å². The average molecular weight is 477 g/mol. The summed E-state index contributed by atoms with van der Waals surface area (Å²) in [5, 5.41) is 7.00. The predicted octanol–water partition coefficient (Wildman–Crippen LogP) is 7.22. The summed E-state index contributed by atoms with van der Waals surface area (Å²) in [7, 11) is 0. The molecule has 3 N–H and O–H groups in total. The highest BCUT2D eigenvalue weighted by molar-refractivity contribution is 7.99. The Labute approximate surface area is 208 Å². The van der Waals surface area contributed by atoms with E-state index in [0.717, 1.165) is 39.6 Å². The zero-order valence-electron chi connectivity index (χ0n) is 18.9. The number of carbonyl (C=O) groups excluding carboxylic acids is 1. The number of H-pyrrole nitrogens is 1. The van der Waals surface area contributed by atoms with Gasteiger partial charge in [0, 0.05) is 28.2 Å². The van der Waals surface area contributed by atoms with Crippen LogP contribution < -0.4 is 10.6 Å². The summed E-state index contributed by atoms with van der Waals surface area (Å²) in [6, 6.07) is 37.8. The second-order valence-corrected chi connectivity index (χ2v) is 8.87. The van der Waals surface area contributed by atoms with Crippen LogP contribution in [0.25, 0.3) is 22.5 Å². The average Bonchev–Trinajstić information content (AvgIpc) is 3.35. The van der Waals surface area contributed by atoms with Gasteiger partial charge in [0.05, 0.1) is 17.1 Å². The van der Waals surface area contributed by atoms with Gasteiger partial charge in [0.15, 0.2) is 5.16 Å². The molecule has 172 valence electrons. The summed E-state index contributed by atoms with van der Waals surface area (Å²) >= 11 is 1.39. The lowest BCUT2D eigenvalue weighted by molar-refractivity contribution is -0.113. The monoisotopic (exact) mass is 476 g/mol. The normalized spacial score (nSPS) is 10.6. The van der Waals surface area contributed by atoms with Crippen LogP contribution in [0.1, 0.15) is 0 Å². The number of hydrogen-bond donors (Lipinski definition) is 3. The molecule has 0 aliphatic carbocycles. The molecule has 1 amide bonds. The van der Waals surface area contributed by atoms with Gasteiger partial charge in [0.1, 0.15) is 0 Å². The molecule has 5 aromatic rings. The standard InChI is InChI=1S/C29H24N4OS/c34-26(31-25-18-16-24(17-19-25)30-23-14-8-3-9-15-23)20-35-29-32-27(21-10-4-1-5-11-21)28(33-29)22-12-6-2-7-13-22/h1-19,30H,20H2,(H,31,34)(H,32,33). The first-order chi connectivity index (χ1) is 17.2.